The molecule has 1 rings (SSSR count). The van der Waals surface area contributed by atoms with E-state index in [0.29, 0.717) is 0 Å². The van der Waals surface area contributed by atoms with Crippen molar-refractivity contribution >= 4 is 29.9 Å². The zero-order valence-corrected chi connectivity index (χ0v) is 14.9. The lowest BCUT2D eigenvalue weighted by Crippen LogP contribution is -2.47. The second-order valence-electron chi connectivity index (χ2n) is 5.41. The maximum absolute atomic E-state index is 4.56. The Labute approximate surface area is 133 Å². The number of aliphatic imine (C=N–C) groups is 1. The van der Waals surface area contributed by atoms with Crippen molar-refractivity contribution in [3.63, 3.8) is 0 Å². The fourth-order valence-corrected chi connectivity index (χ4v) is 1.56. The summed E-state index contributed by atoms with van der Waals surface area (Å²) in [4.78, 5) is 4.56. The fraction of sp³-hybridized carbons (Fsp3) is 0.692. The van der Waals surface area contributed by atoms with E-state index in [1.54, 1.807) is 0 Å². The summed E-state index contributed by atoms with van der Waals surface area (Å²) >= 11 is 0. The van der Waals surface area contributed by atoms with Gasteiger partial charge in [0.25, 0.3) is 0 Å². The van der Waals surface area contributed by atoms with E-state index in [9.17, 15) is 0 Å². The SMILES string of the molecule is CCNC(=NCCc1cnn(C)c1)NC(C)(C)C.I. The van der Waals surface area contributed by atoms with Crippen LogP contribution in [0.5, 0.6) is 0 Å². The molecule has 0 aromatic carbocycles. The lowest BCUT2D eigenvalue weighted by Gasteiger charge is -2.23. The van der Waals surface area contributed by atoms with E-state index < -0.39 is 0 Å². The molecule has 0 saturated heterocycles. The van der Waals surface area contributed by atoms with E-state index in [-0.39, 0.29) is 29.5 Å². The van der Waals surface area contributed by atoms with E-state index in [2.05, 4.69) is 48.4 Å². The van der Waals surface area contributed by atoms with Crippen LogP contribution in [-0.2, 0) is 13.5 Å². The van der Waals surface area contributed by atoms with Gasteiger partial charge in [-0.1, -0.05) is 0 Å². The zero-order valence-electron chi connectivity index (χ0n) is 12.5. The van der Waals surface area contributed by atoms with Crippen molar-refractivity contribution in [3.05, 3.63) is 18.0 Å². The van der Waals surface area contributed by atoms with E-state index in [1.807, 2.05) is 24.1 Å². The minimum Gasteiger partial charge on any atom is -0.357 e. The number of rotatable bonds is 4. The average Bonchev–Trinajstić information content (AvgIpc) is 2.62. The number of nitrogens with one attached hydrogen (secondary N) is 2. The number of nitrogens with zero attached hydrogens (tertiary/aromatic N) is 3. The van der Waals surface area contributed by atoms with Crippen LogP contribution in [-0.4, -0.2) is 34.4 Å². The number of aryl methyl sites for hydroxylation is 1. The molecule has 0 amide bonds. The molecule has 0 bridgehead atoms. The summed E-state index contributed by atoms with van der Waals surface area (Å²) in [6, 6.07) is 0. The first kappa shape index (κ1) is 18.2. The molecule has 1 heterocycles. The van der Waals surface area contributed by atoms with Gasteiger partial charge in [-0.3, -0.25) is 9.67 Å². The Bertz CT molecular complexity index is 392. The topological polar surface area (TPSA) is 54.2 Å². The average molecular weight is 379 g/mol. The van der Waals surface area contributed by atoms with E-state index in [4.69, 9.17) is 0 Å². The van der Waals surface area contributed by atoms with Gasteiger partial charge in [0.1, 0.15) is 0 Å². The largest absolute Gasteiger partial charge is 0.357 e. The summed E-state index contributed by atoms with van der Waals surface area (Å²) in [6.07, 6.45) is 4.83. The second kappa shape index (κ2) is 8.39. The molecule has 0 spiro atoms. The predicted molar refractivity (Wildman–Crippen MR) is 91.2 cm³/mol. The molecule has 19 heavy (non-hydrogen) atoms. The van der Waals surface area contributed by atoms with Crippen LogP contribution >= 0.6 is 24.0 Å². The van der Waals surface area contributed by atoms with Crippen molar-refractivity contribution in [1.82, 2.24) is 20.4 Å². The molecule has 0 fully saturated rings. The second-order valence-corrected chi connectivity index (χ2v) is 5.41. The molecule has 110 valence electrons. The molecular formula is C13H26IN5. The molecule has 0 aliphatic carbocycles. The minimum absolute atomic E-state index is 0. The van der Waals surface area contributed by atoms with Crippen LogP contribution in [0.3, 0.4) is 0 Å². The van der Waals surface area contributed by atoms with E-state index >= 15 is 0 Å². The first-order chi connectivity index (χ1) is 8.40. The summed E-state index contributed by atoms with van der Waals surface area (Å²) in [5.41, 5.74) is 1.24. The van der Waals surface area contributed by atoms with E-state index in [0.717, 1.165) is 25.5 Å². The quantitative estimate of drug-likeness (QED) is 0.478. The van der Waals surface area contributed by atoms with Gasteiger partial charge in [-0.15, -0.1) is 24.0 Å². The smallest absolute Gasteiger partial charge is 0.191 e. The van der Waals surface area contributed by atoms with Crippen molar-refractivity contribution < 1.29 is 0 Å². The Morgan fingerprint density at radius 2 is 2.11 bits per heavy atom. The van der Waals surface area contributed by atoms with Crippen molar-refractivity contribution in [1.29, 1.82) is 0 Å². The van der Waals surface area contributed by atoms with Crippen molar-refractivity contribution in [3.8, 4) is 0 Å². The normalized spacial score (nSPS) is 11.9. The lowest BCUT2D eigenvalue weighted by molar-refractivity contribution is 0.501. The Balaban J connectivity index is 0.00000324. The van der Waals surface area contributed by atoms with Crippen molar-refractivity contribution in [2.45, 2.75) is 39.7 Å². The summed E-state index contributed by atoms with van der Waals surface area (Å²) in [6.45, 7) is 10.1. The van der Waals surface area contributed by atoms with Crippen LogP contribution in [0.25, 0.3) is 0 Å². The monoisotopic (exact) mass is 379 g/mol. The van der Waals surface area contributed by atoms with Gasteiger partial charge in [-0.05, 0) is 39.7 Å². The maximum Gasteiger partial charge on any atom is 0.191 e. The first-order valence-corrected chi connectivity index (χ1v) is 6.45. The number of hydrogen-bond acceptors (Lipinski definition) is 2. The number of guanidine groups is 1. The molecule has 0 saturated carbocycles. The van der Waals surface area contributed by atoms with Crippen LogP contribution in [0.2, 0.25) is 0 Å². The van der Waals surface area contributed by atoms with Gasteiger partial charge in [-0.2, -0.15) is 5.10 Å². The van der Waals surface area contributed by atoms with Gasteiger partial charge >= 0.3 is 0 Å². The standard InChI is InChI=1S/C13H25N5.HI/c1-6-14-12(17-13(2,3)4)15-8-7-11-9-16-18(5)10-11;/h9-10H,6-8H2,1-5H3,(H2,14,15,17);1H. The third kappa shape index (κ3) is 8.07. The summed E-state index contributed by atoms with van der Waals surface area (Å²) in [7, 11) is 1.93. The highest BCUT2D eigenvalue weighted by molar-refractivity contribution is 14.0. The molecule has 1 aromatic rings. The third-order valence-corrected chi connectivity index (χ3v) is 2.27. The van der Waals surface area contributed by atoms with Crippen LogP contribution in [0.1, 0.15) is 33.3 Å². The Hall–Kier alpha value is -0.790. The Kier molecular flexibility index (Phi) is 8.05. The van der Waals surface area contributed by atoms with Gasteiger partial charge < -0.3 is 10.6 Å². The van der Waals surface area contributed by atoms with Crippen molar-refractivity contribution in [2.75, 3.05) is 13.1 Å². The molecule has 0 aliphatic rings. The lowest BCUT2D eigenvalue weighted by atomic mass is 10.1. The third-order valence-electron chi connectivity index (χ3n) is 2.27. The molecule has 6 heteroatoms. The number of halogens is 1. The number of aromatic nitrogens is 2. The molecule has 0 aliphatic heterocycles. The van der Waals surface area contributed by atoms with Gasteiger partial charge in [0.15, 0.2) is 5.96 Å². The first-order valence-electron chi connectivity index (χ1n) is 6.45. The minimum atomic E-state index is 0. The molecule has 0 radical (unpaired) electrons. The van der Waals surface area contributed by atoms with Crippen LogP contribution in [0.15, 0.2) is 17.4 Å². The molecule has 0 unspecified atom stereocenters. The number of hydrogen-bond donors (Lipinski definition) is 2. The van der Waals surface area contributed by atoms with Gasteiger partial charge in [0, 0.05) is 31.9 Å². The van der Waals surface area contributed by atoms with Gasteiger partial charge in [-0.25, -0.2) is 0 Å². The van der Waals surface area contributed by atoms with Gasteiger partial charge in [0.05, 0.1) is 6.20 Å². The van der Waals surface area contributed by atoms with E-state index in [1.165, 1.54) is 5.56 Å². The molecular weight excluding hydrogens is 353 g/mol. The zero-order chi connectivity index (χ0) is 13.6. The summed E-state index contributed by atoms with van der Waals surface area (Å²) in [5.74, 6) is 0.869. The summed E-state index contributed by atoms with van der Waals surface area (Å²) < 4.78 is 1.82. The van der Waals surface area contributed by atoms with Crippen LogP contribution in [0, 0.1) is 0 Å². The maximum atomic E-state index is 4.56. The van der Waals surface area contributed by atoms with Crippen LogP contribution in [0.4, 0.5) is 0 Å². The molecule has 0 atom stereocenters. The molecule has 2 N–H and O–H groups in total. The highest BCUT2D eigenvalue weighted by Crippen LogP contribution is 2.00. The van der Waals surface area contributed by atoms with Crippen LogP contribution < -0.4 is 10.6 Å². The highest BCUT2D eigenvalue weighted by atomic mass is 127. The fourth-order valence-electron chi connectivity index (χ4n) is 1.56. The van der Waals surface area contributed by atoms with Crippen molar-refractivity contribution in [2.24, 2.45) is 12.0 Å². The molecule has 1 aromatic heterocycles. The Morgan fingerprint density at radius 1 is 1.42 bits per heavy atom. The predicted octanol–water partition coefficient (Wildman–Crippen LogP) is 1.93. The van der Waals surface area contributed by atoms with Gasteiger partial charge in [0.2, 0.25) is 0 Å². The molecule has 5 nitrogen and oxygen atoms in total. The summed E-state index contributed by atoms with van der Waals surface area (Å²) in [5, 5.41) is 10.8. The highest BCUT2D eigenvalue weighted by Gasteiger charge is 2.11. The Morgan fingerprint density at radius 3 is 2.58 bits per heavy atom.